The Hall–Kier alpha value is -3.65. The van der Waals surface area contributed by atoms with Crippen molar-refractivity contribution >= 4 is 5.91 Å². The third-order valence-electron chi connectivity index (χ3n) is 5.13. The lowest BCUT2D eigenvalue weighted by Crippen LogP contribution is -2.42. The number of nitrogens with one attached hydrogen (secondary N) is 1. The number of hydrogen-bond donors (Lipinski definition) is 2. The van der Waals surface area contributed by atoms with E-state index in [1.54, 1.807) is 48.2 Å². The van der Waals surface area contributed by atoms with E-state index in [0.29, 0.717) is 49.0 Å². The summed E-state index contributed by atoms with van der Waals surface area (Å²) in [6.45, 7) is 4.02. The van der Waals surface area contributed by atoms with Crippen LogP contribution in [0, 0.1) is 6.92 Å². The summed E-state index contributed by atoms with van der Waals surface area (Å²) in [6.07, 6.45) is 0. The van der Waals surface area contributed by atoms with Crippen molar-refractivity contribution in [2.45, 2.75) is 6.92 Å². The number of phenols is 1. The lowest BCUT2D eigenvalue weighted by molar-refractivity contribution is -0.137. The zero-order chi connectivity index (χ0) is 21.8. The van der Waals surface area contributed by atoms with Gasteiger partial charge in [0, 0.05) is 18.7 Å². The predicted octanol–water partition coefficient (Wildman–Crippen LogP) is 2.36. The molecule has 2 heterocycles. The fraction of sp³-hybridized carbons (Fsp3) is 0.261. The monoisotopic (exact) mass is 421 g/mol. The maximum Gasteiger partial charge on any atom is 0.345 e. The van der Waals surface area contributed by atoms with Crippen molar-refractivity contribution in [1.29, 1.82) is 0 Å². The fourth-order valence-corrected chi connectivity index (χ4v) is 3.36. The summed E-state index contributed by atoms with van der Waals surface area (Å²) in [5.41, 5.74) is 2.88. The summed E-state index contributed by atoms with van der Waals surface area (Å²) in [7, 11) is 0. The van der Waals surface area contributed by atoms with Crippen molar-refractivity contribution in [3.63, 3.8) is 0 Å². The van der Waals surface area contributed by atoms with Crippen molar-refractivity contribution in [3.05, 3.63) is 64.6 Å². The molecule has 0 bridgehead atoms. The minimum absolute atomic E-state index is 0.0320. The Morgan fingerprint density at radius 1 is 1.13 bits per heavy atom. The number of H-pyrrole nitrogens is 1. The normalized spacial score (nSPS) is 13.8. The average molecular weight is 421 g/mol. The molecule has 31 heavy (non-hydrogen) atoms. The number of aromatic nitrogens is 2. The molecule has 160 valence electrons. The van der Waals surface area contributed by atoms with Gasteiger partial charge >= 0.3 is 5.69 Å². The molecule has 0 unspecified atom stereocenters. The highest BCUT2D eigenvalue weighted by molar-refractivity contribution is 5.78. The number of aromatic hydroxyl groups is 1. The number of rotatable bonds is 5. The molecule has 3 aromatic rings. The predicted molar refractivity (Wildman–Crippen MR) is 115 cm³/mol. The highest BCUT2D eigenvalue weighted by atomic mass is 16.5. The number of benzene rings is 2. The van der Waals surface area contributed by atoms with Crippen LogP contribution in [0.25, 0.3) is 22.5 Å². The van der Waals surface area contributed by atoms with Gasteiger partial charge in [-0.2, -0.15) is 4.98 Å². The summed E-state index contributed by atoms with van der Waals surface area (Å²) in [5.74, 6) is 0.687. The van der Waals surface area contributed by atoms with Crippen molar-refractivity contribution in [1.82, 2.24) is 14.9 Å². The number of hydrogen-bond acceptors (Lipinski definition) is 6. The molecule has 8 heteroatoms. The first-order chi connectivity index (χ1) is 15.0. The van der Waals surface area contributed by atoms with Gasteiger partial charge < -0.3 is 24.5 Å². The molecule has 8 nitrogen and oxygen atoms in total. The number of amides is 1. The van der Waals surface area contributed by atoms with Crippen LogP contribution in [-0.4, -0.2) is 58.8 Å². The van der Waals surface area contributed by atoms with Crippen LogP contribution in [-0.2, 0) is 9.53 Å². The van der Waals surface area contributed by atoms with Gasteiger partial charge in [-0.3, -0.25) is 4.79 Å². The van der Waals surface area contributed by atoms with E-state index in [9.17, 15) is 14.7 Å². The topological polar surface area (TPSA) is 105 Å². The summed E-state index contributed by atoms with van der Waals surface area (Å²) >= 11 is 0. The van der Waals surface area contributed by atoms with Crippen LogP contribution in [0.2, 0.25) is 0 Å². The zero-order valence-corrected chi connectivity index (χ0v) is 17.1. The highest BCUT2D eigenvalue weighted by Gasteiger charge is 2.17. The molecule has 1 saturated heterocycles. The third-order valence-corrected chi connectivity index (χ3v) is 5.13. The van der Waals surface area contributed by atoms with Crippen LogP contribution >= 0.6 is 0 Å². The summed E-state index contributed by atoms with van der Waals surface area (Å²) in [4.78, 5) is 32.8. The van der Waals surface area contributed by atoms with Crippen LogP contribution in [0.15, 0.2) is 53.3 Å². The largest absolute Gasteiger partial charge is 0.508 e. The summed E-state index contributed by atoms with van der Waals surface area (Å²) in [6, 6.07) is 14.0. The van der Waals surface area contributed by atoms with E-state index < -0.39 is 5.69 Å². The zero-order valence-electron chi connectivity index (χ0n) is 17.1. The first kappa shape index (κ1) is 20.6. The number of carbonyl (C=O) groups excluding carboxylic acids is 1. The Balaban J connectivity index is 1.48. The van der Waals surface area contributed by atoms with E-state index >= 15 is 0 Å². The van der Waals surface area contributed by atoms with E-state index in [4.69, 9.17) is 9.47 Å². The van der Waals surface area contributed by atoms with E-state index in [-0.39, 0.29) is 18.3 Å². The second-order valence-electron chi connectivity index (χ2n) is 7.29. The Morgan fingerprint density at radius 3 is 2.55 bits per heavy atom. The van der Waals surface area contributed by atoms with Gasteiger partial charge in [-0.05, 0) is 66.6 Å². The summed E-state index contributed by atoms with van der Waals surface area (Å²) in [5, 5.41) is 9.73. The molecule has 0 spiro atoms. The SMILES string of the molecule is Cc1cc(-c2cc(-c3ccc(OCC(=O)N4CCOCC4)cc3)[nH]c(=O)n2)ccc1O. The van der Waals surface area contributed by atoms with Gasteiger partial charge in [0.2, 0.25) is 0 Å². The van der Waals surface area contributed by atoms with E-state index in [0.717, 1.165) is 11.1 Å². The van der Waals surface area contributed by atoms with Crippen LogP contribution in [0.1, 0.15) is 5.56 Å². The van der Waals surface area contributed by atoms with Crippen LogP contribution < -0.4 is 10.4 Å². The average Bonchev–Trinajstić information content (AvgIpc) is 2.80. The third kappa shape index (κ3) is 4.92. The van der Waals surface area contributed by atoms with E-state index in [2.05, 4.69) is 9.97 Å². The molecular weight excluding hydrogens is 398 g/mol. The molecule has 2 aromatic carbocycles. The number of nitrogens with zero attached hydrogens (tertiary/aromatic N) is 2. The van der Waals surface area contributed by atoms with Crippen LogP contribution in [0.5, 0.6) is 11.5 Å². The standard InChI is InChI=1S/C23H23N3O5/c1-15-12-17(4-7-21(15)27)20-13-19(24-23(29)25-20)16-2-5-18(6-3-16)31-14-22(28)26-8-10-30-11-9-26/h2-7,12-13,27H,8-11,14H2,1H3,(H,24,25,29). The molecule has 1 amide bonds. The molecule has 1 fully saturated rings. The highest BCUT2D eigenvalue weighted by Crippen LogP contribution is 2.26. The molecule has 0 aliphatic carbocycles. The second-order valence-corrected chi connectivity index (χ2v) is 7.29. The fourth-order valence-electron chi connectivity index (χ4n) is 3.36. The number of carbonyl (C=O) groups is 1. The molecule has 1 aromatic heterocycles. The number of phenolic OH excluding ortho intramolecular Hbond substituents is 1. The Bertz CT molecular complexity index is 1130. The molecule has 0 saturated carbocycles. The molecule has 4 rings (SSSR count). The van der Waals surface area contributed by atoms with Crippen molar-refractivity contribution < 1.29 is 19.4 Å². The van der Waals surface area contributed by atoms with Gasteiger partial charge in [-0.25, -0.2) is 4.79 Å². The molecule has 1 aliphatic heterocycles. The van der Waals surface area contributed by atoms with Crippen molar-refractivity contribution in [2.24, 2.45) is 0 Å². The van der Waals surface area contributed by atoms with E-state index in [1.165, 1.54) is 0 Å². The van der Waals surface area contributed by atoms with Crippen molar-refractivity contribution in [2.75, 3.05) is 32.9 Å². The van der Waals surface area contributed by atoms with E-state index in [1.807, 2.05) is 12.1 Å². The van der Waals surface area contributed by atoms with Crippen LogP contribution in [0.4, 0.5) is 0 Å². The first-order valence-electron chi connectivity index (χ1n) is 10.00. The molecule has 0 radical (unpaired) electrons. The Kier molecular flexibility index (Phi) is 5.99. The van der Waals surface area contributed by atoms with Gasteiger partial charge in [0.25, 0.3) is 5.91 Å². The number of ether oxygens (including phenoxy) is 2. The first-order valence-corrected chi connectivity index (χ1v) is 10.00. The number of aromatic amines is 1. The van der Waals surface area contributed by atoms with Gasteiger partial charge in [-0.1, -0.05) is 0 Å². The summed E-state index contributed by atoms with van der Waals surface area (Å²) < 4.78 is 10.9. The lowest BCUT2D eigenvalue weighted by Gasteiger charge is -2.26. The molecule has 1 aliphatic rings. The molecular formula is C23H23N3O5. The van der Waals surface area contributed by atoms with Gasteiger partial charge in [0.1, 0.15) is 11.5 Å². The smallest absolute Gasteiger partial charge is 0.345 e. The second kappa shape index (κ2) is 9.01. The van der Waals surface area contributed by atoms with Gasteiger partial charge in [-0.15, -0.1) is 0 Å². The number of morpholine rings is 1. The Morgan fingerprint density at radius 2 is 1.84 bits per heavy atom. The lowest BCUT2D eigenvalue weighted by atomic mass is 10.1. The van der Waals surface area contributed by atoms with Gasteiger partial charge in [0.15, 0.2) is 6.61 Å². The molecule has 0 atom stereocenters. The maximum atomic E-state index is 12.2. The minimum Gasteiger partial charge on any atom is -0.508 e. The van der Waals surface area contributed by atoms with Crippen LogP contribution in [0.3, 0.4) is 0 Å². The molecule has 2 N–H and O–H groups in total. The Labute approximate surface area is 179 Å². The minimum atomic E-state index is -0.463. The van der Waals surface area contributed by atoms with Crippen molar-refractivity contribution in [3.8, 4) is 34.0 Å². The number of aryl methyl sites for hydroxylation is 1. The quantitative estimate of drug-likeness (QED) is 0.655. The van der Waals surface area contributed by atoms with Gasteiger partial charge in [0.05, 0.1) is 24.6 Å². The maximum absolute atomic E-state index is 12.2.